The molecule has 2 aromatic heterocycles. The summed E-state index contributed by atoms with van der Waals surface area (Å²) < 4.78 is 4.14. The van der Waals surface area contributed by atoms with E-state index in [1.807, 2.05) is 29.3 Å². The zero-order valence-corrected chi connectivity index (χ0v) is 11.1. The summed E-state index contributed by atoms with van der Waals surface area (Å²) in [6.45, 7) is 7.05. The Hall–Kier alpha value is -1.62. The highest BCUT2D eigenvalue weighted by Gasteiger charge is 2.06. The summed E-state index contributed by atoms with van der Waals surface area (Å²) in [6.07, 6.45) is 8.83. The summed E-state index contributed by atoms with van der Waals surface area (Å²) in [7, 11) is 0. The molecule has 0 aliphatic heterocycles. The number of rotatable bonds is 7. The van der Waals surface area contributed by atoms with Gasteiger partial charge < -0.3 is 9.88 Å². The molecule has 0 amide bonds. The van der Waals surface area contributed by atoms with Gasteiger partial charge in [0.1, 0.15) is 5.82 Å². The molecule has 0 aliphatic rings. The Morgan fingerprint density at radius 1 is 1.33 bits per heavy atom. The molecule has 0 aromatic carbocycles. The van der Waals surface area contributed by atoms with Gasteiger partial charge in [0.25, 0.3) is 0 Å². The van der Waals surface area contributed by atoms with Crippen LogP contribution in [0.25, 0.3) is 0 Å². The lowest BCUT2D eigenvalue weighted by Gasteiger charge is -2.14. The van der Waals surface area contributed by atoms with Gasteiger partial charge in [-0.25, -0.2) is 4.98 Å². The van der Waals surface area contributed by atoms with Gasteiger partial charge >= 0.3 is 0 Å². The molecule has 5 nitrogen and oxygen atoms in total. The first-order valence-electron chi connectivity index (χ1n) is 6.50. The summed E-state index contributed by atoms with van der Waals surface area (Å²) >= 11 is 0. The molecule has 2 rings (SSSR count). The standard InChI is InChI=1S/C13H21N5/c1-3-7-17-9-6-14-13(17)10-15-12(2)11-18-8-4-5-16-18/h4-6,8-9,12,15H,3,7,10-11H2,1-2H3. The van der Waals surface area contributed by atoms with Crippen LogP contribution in [0.15, 0.2) is 30.9 Å². The van der Waals surface area contributed by atoms with Crippen LogP contribution in [0, 0.1) is 0 Å². The monoisotopic (exact) mass is 247 g/mol. The molecule has 1 unspecified atom stereocenters. The molecule has 5 heteroatoms. The maximum absolute atomic E-state index is 4.38. The highest BCUT2D eigenvalue weighted by Crippen LogP contribution is 2.00. The van der Waals surface area contributed by atoms with Gasteiger partial charge in [-0.2, -0.15) is 5.10 Å². The highest BCUT2D eigenvalue weighted by atomic mass is 15.3. The van der Waals surface area contributed by atoms with Crippen molar-refractivity contribution in [2.45, 2.75) is 45.9 Å². The van der Waals surface area contributed by atoms with E-state index in [0.717, 1.165) is 31.9 Å². The van der Waals surface area contributed by atoms with Gasteiger partial charge in [0.15, 0.2) is 0 Å². The minimum Gasteiger partial charge on any atom is -0.334 e. The van der Waals surface area contributed by atoms with Crippen molar-refractivity contribution in [1.29, 1.82) is 0 Å². The predicted molar refractivity (Wildman–Crippen MR) is 71.0 cm³/mol. The fourth-order valence-corrected chi connectivity index (χ4v) is 1.97. The van der Waals surface area contributed by atoms with E-state index >= 15 is 0 Å². The van der Waals surface area contributed by atoms with Crippen molar-refractivity contribution in [2.24, 2.45) is 0 Å². The smallest absolute Gasteiger partial charge is 0.122 e. The molecule has 0 saturated heterocycles. The van der Waals surface area contributed by atoms with Crippen molar-refractivity contribution in [2.75, 3.05) is 0 Å². The van der Waals surface area contributed by atoms with E-state index in [1.165, 1.54) is 0 Å². The molecular formula is C13H21N5. The quantitative estimate of drug-likeness (QED) is 0.809. The Kier molecular flexibility index (Phi) is 4.52. The van der Waals surface area contributed by atoms with Crippen LogP contribution in [0.5, 0.6) is 0 Å². The third-order valence-electron chi connectivity index (χ3n) is 2.89. The van der Waals surface area contributed by atoms with Gasteiger partial charge in [-0.1, -0.05) is 6.92 Å². The minimum atomic E-state index is 0.372. The molecule has 0 bridgehead atoms. The van der Waals surface area contributed by atoms with E-state index in [2.05, 4.69) is 33.8 Å². The fourth-order valence-electron chi connectivity index (χ4n) is 1.97. The van der Waals surface area contributed by atoms with Gasteiger partial charge in [-0.05, 0) is 19.4 Å². The van der Waals surface area contributed by atoms with E-state index in [0.29, 0.717) is 6.04 Å². The molecule has 1 atom stereocenters. The Labute approximate surface area is 108 Å². The normalized spacial score (nSPS) is 12.8. The predicted octanol–water partition coefficient (Wildman–Crippen LogP) is 1.67. The number of imidazole rings is 1. The third-order valence-corrected chi connectivity index (χ3v) is 2.89. The first kappa shape index (κ1) is 12.8. The summed E-state index contributed by atoms with van der Waals surface area (Å²) in [5.41, 5.74) is 0. The number of aryl methyl sites for hydroxylation is 1. The fraction of sp³-hybridized carbons (Fsp3) is 0.538. The lowest BCUT2D eigenvalue weighted by Crippen LogP contribution is -2.31. The molecule has 0 saturated carbocycles. The second kappa shape index (κ2) is 6.35. The Bertz CT molecular complexity index is 446. The molecule has 2 heterocycles. The van der Waals surface area contributed by atoms with Crippen molar-refractivity contribution in [1.82, 2.24) is 24.6 Å². The highest BCUT2D eigenvalue weighted by molar-refractivity contribution is 4.92. The van der Waals surface area contributed by atoms with Gasteiger partial charge in [-0.15, -0.1) is 0 Å². The van der Waals surface area contributed by atoms with Crippen molar-refractivity contribution < 1.29 is 0 Å². The maximum Gasteiger partial charge on any atom is 0.122 e. The van der Waals surface area contributed by atoms with Crippen molar-refractivity contribution >= 4 is 0 Å². The Morgan fingerprint density at radius 3 is 2.94 bits per heavy atom. The number of hydrogen-bond donors (Lipinski definition) is 1. The van der Waals surface area contributed by atoms with Crippen molar-refractivity contribution in [3.8, 4) is 0 Å². The van der Waals surface area contributed by atoms with Crippen LogP contribution in [-0.4, -0.2) is 25.4 Å². The summed E-state index contributed by atoms with van der Waals surface area (Å²) in [6, 6.07) is 2.32. The van der Waals surface area contributed by atoms with E-state index < -0.39 is 0 Å². The van der Waals surface area contributed by atoms with Gasteiger partial charge in [0.05, 0.1) is 13.1 Å². The first-order chi connectivity index (χ1) is 8.79. The molecule has 0 aliphatic carbocycles. The van der Waals surface area contributed by atoms with E-state index in [9.17, 15) is 0 Å². The van der Waals surface area contributed by atoms with Crippen LogP contribution in [0.4, 0.5) is 0 Å². The average molecular weight is 247 g/mol. The Balaban J connectivity index is 1.81. The summed E-state index contributed by atoms with van der Waals surface area (Å²) in [4.78, 5) is 4.38. The first-order valence-corrected chi connectivity index (χ1v) is 6.50. The van der Waals surface area contributed by atoms with Crippen LogP contribution >= 0.6 is 0 Å². The molecule has 0 spiro atoms. The zero-order valence-electron chi connectivity index (χ0n) is 11.1. The van der Waals surface area contributed by atoms with Crippen molar-refractivity contribution in [3.05, 3.63) is 36.7 Å². The molecule has 18 heavy (non-hydrogen) atoms. The SMILES string of the molecule is CCCn1ccnc1CNC(C)Cn1cccn1. The topological polar surface area (TPSA) is 47.7 Å². The van der Waals surface area contributed by atoms with E-state index in [1.54, 1.807) is 6.20 Å². The maximum atomic E-state index is 4.38. The molecule has 0 radical (unpaired) electrons. The molecular weight excluding hydrogens is 226 g/mol. The summed E-state index contributed by atoms with van der Waals surface area (Å²) in [5, 5.41) is 7.68. The van der Waals surface area contributed by atoms with Gasteiger partial charge in [0.2, 0.25) is 0 Å². The average Bonchev–Trinajstić information content (AvgIpc) is 2.99. The van der Waals surface area contributed by atoms with Crippen LogP contribution in [-0.2, 0) is 19.6 Å². The van der Waals surface area contributed by atoms with Crippen LogP contribution in [0.3, 0.4) is 0 Å². The largest absolute Gasteiger partial charge is 0.334 e. The lowest BCUT2D eigenvalue weighted by molar-refractivity contribution is 0.439. The summed E-state index contributed by atoms with van der Waals surface area (Å²) in [5.74, 6) is 1.10. The molecule has 2 aromatic rings. The second-order valence-electron chi connectivity index (χ2n) is 4.55. The zero-order chi connectivity index (χ0) is 12.8. The van der Waals surface area contributed by atoms with Gasteiger partial charge in [0, 0.05) is 37.4 Å². The molecule has 0 fully saturated rings. The minimum absolute atomic E-state index is 0.372. The number of hydrogen-bond acceptors (Lipinski definition) is 3. The number of nitrogens with one attached hydrogen (secondary N) is 1. The van der Waals surface area contributed by atoms with E-state index in [-0.39, 0.29) is 0 Å². The van der Waals surface area contributed by atoms with E-state index in [4.69, 9.17) is 0 Å². The van der Waals surface area contributed by atoms with Gasteiger partial charge in [-0.3, -0.25) is 4.68 Å². The van der Waals surface area contributed by atoms with Crippen molar-refractivity contribution in [3.63, 3.8) is 0 Å². The number of aromatic nitrogens is 4. The number of nitrogens with zero attached hydrogens (tertiary/aromatic N) is 4. The second-order valence-corrected chi connectivity index (χ2v) is 4.55. The Morgan fingerprint density at radius 2 is 2.22 bits per heavy atom. The van der Waals surface area contributed by atoms with Crippen LogP contribution < -0.4 is 5.32 Å². The molecule has 1 N–H and O–H groups in total. The van der Waals surface area contributed by atoms with Crippen LogP contribution in [0.2, 0.25) is 0 Å². The van der Waals surface area contributed by atoms with Crippen LogP contribution in [0.1, 0.15) is 26.1 Å². The third kappa shape index (κ3) is 3.43. The molecule has 98 valence electrons. The lowest BCUT2D eigenvalue weighted by atomic mass is 10.3.